The monoisotopic (exact) mass is 174 g/mol. The quantitative estimate of drug-likeness (QED) is 0.394. The van der Waals surface area contributed by atoms with E-state index in [0.717, 1.165) is 11.4 Å². The van der Waals surface area contributed by atoms with Crippen molar-refractivity contribution in [2.45, 2.75) is 25.3 Å². The van der Waals surface area contributed by atoms with E-state index in [1.807, 2.05) is 18.2 Å². The number of azide groups is 1. The topological polar surface area (TPSA) is 61.7 Å². The molecule has 1 aromatic rings. The Morgan fingerprint density at radius 3 is 3.08 bits per heavy atom. The minimum Gasteiger partial charge on any atom is -0.257 e. The van der Waals surface area contributed by atoms with Crippen molar-refractivity contribution in [2.75, 3.05) is 0 Å². The van der Waals surface area contributed by atoms with E-state index in [-0.39, 0.29) is 0 Å². The number of aromatic nitrogens is 1. The highest BCUT2D eigenvalue weighted by Gasteiger charge is 2.24. The molecule has 0 unspecified atom stereocenters. The number of pyridine rings is 1. The van der Waals surface area contributed by atoms with Crippen LogP contribution in [0.25, 0.3) is 10.4 Å². The highest BCUT2D eigenvalue weighted by atomic mass is 15.1. The molecular formula is C9H10N4. The maximum Gasteiger partial charge on any atom is 0.0684 e. The maximum atomic E-state index is 8.15. The van der Waals surface area contributed by atoms with Gasteiger partial charge in [0.05, 0.1) is 6.54 Å². The van der Waals surface area contributed by atoms with Gasteiger partial charge in [0, 0.05) is 22.2 Å². The van der Waals surface area contributed by atoms with Crippen LogP contribution >= 0.6 is 0 Å². The molecule has 0 N–H and O–H groups in total. The minimum absolute atomic E-state index is 0.358. The van der Waals surface area contributed by atoms with Gasteiger partial charge >= 0.3 is 0 Å². The Morgan fingerprint density at radius 1 is 1.54 bits per heavy atom. The zero-order valence-electron chi connectivity index (χ0n) is 7.22. The van der Waals surface area contributed by atoms with Crippen LogP contribution in [0.5, 0.6) is 0 Å². The van der Waals surface area contributed by atoms with Crippen molar-refractivity contribution >= 4 is 0 Å². The summed E-state index contributed by atoms with van der Waals surface area (Å²) >= 11 is 0. The Kier molecular flexibility index (Phi) is 2.15. The van der Waals surface area contributed by atoms with E-state index in [4.69, 9.17) is 5.53 Å². The molecule has 1 fully saturated rings. The van der Waals surface area contributed by atoms with Crippen LogP contribution in [0.2, 0.25) is 0 Å². The zero-order chi connectivity index (χ0) is 9.10. The van der Waals surface area contributed by atoms with Gasteiger partial charge in [-0.25, -0.2) is 0 Å². The fraction of sp³-hybridized carbons (Fsp3) is 0.444. The van der Waals surface area contributed by atoms with Crippen LogP contribution in [0, 0.1) is 0 Å². The number of hydrogen-bond donors (Lipinski definition) is 0. The van der Waals surface area contributed by atoms with Gasteiger partial charge in [-0.2, -0.15) is 0 Å². The molecule has 66 valence electrons. The summed E-state index contributed by atoms with van der Waals surface area (Å²) in [7, 11) is 0. The van der Waals surface area contributed by atoms with Crippen LogP contribution in [-0.2, 0) is 6.54 Å². The Hall–Kier alpha value is -1.54. The van der Waals surface area contributed by atoms with Gasteiger partial charge in [0.15, 0.2) is 0 Å². The maximum absolute atomic E-state index is 8.15. The third kappa shape index (κ3) is 1.98. The number of rotatable bonds is 3. The van der Waals surface area contributed by atoms with Crippen molar-refractivity contribution in [3.63, 3.8) is 0 Å². The van der Waals surface area contributed by atoms with Gasteiger partial charge in [-0.3, -0.25) is 4.98 Å². The lowest BCUT2D eigenvalue weighted by Crippen LogP contribution is -1.91. The smallest absolute Gasteiger partial charge is 0.0684 e. The van der Waals surface area contributed by atoms with Gasteiger partial charge in [0.25, 0.3) is 0 Å². The highest BCUT2D eigenvalue weighted by Crippen LogP contribution is 2.38. The van der Waals surface area contributed by atoms with Crippen LogP contribution in [-0.4, -0.2) is 4.98 Å². The van der Waals surface area contributed by atoms with Crippen molar-refractivity contribution in [1.29, 1.82) is 0 Å². The molecule has 0 aliphatic heterocycles. The second-order valence-corrected chi connectivity index (χ2v) is 3.22. The van der Waals surface area contributed by atoms with E-state index < -0.39 is 0 Å². The molecule has 0 bridgehead atoms. The van der Waals surface area contributed by atoms with Gasteiger partial charge in [-0.05, 0) is 30.5 Å². The first-order valence-corrected chi connectivity index (χ1v) is 4.37. The number of hydrogen-bond acceptors (Lipinski definition) is 2. The van der Waals surface area contributed by atoms with Crippen LogP contribution in [0.15, 0.2) is 23.3 Å². The molecule has 0 radical (unpaired) electrons. The van der Waals surface area contributed by atoms with Crippen molar-refractivity contribution in [3.8, 4) is 0 Å². The van der Waals surface area contributed by atoms with Gasteiger partial charge in [-0.15, -0.1) is 0 Å². The molecule has 13 heavy (non-hydrogen) atoms. The van der Waals surface area contributed by atoms with Crippen molar-refractivity contribution < 1.29 is 0 Å². The Labute approximate surface area is 76.2 Å². The van der Waals surface area contributed by atoms with Crippen LogP contribution in [0.4, 0.5) is 0 Å². The summed E-state index contributed by atoms with van der Waals surface area (Å²) in [5.74, 6) is 0.658. The Bertz CT molecular complexity index is 350. The predicted octanol–water partition coefficient (Wildman–Crippen LogP) is 2.77. The molecule has 1 saturated carbocycles. The normalized spacial score (nSPS) is 15.1. The van der Waals surface area contributed by atoms with E-state index in [1.165, 1.54) is 12.8 Å². The molecular weight excluding hydrogens is 164 g/mol. The van der Waals surface area contributed by atoms with Crippen molar-refractivity contribution in [2.24, 2.45) is 5.11 Å². The molecule has 4 nitrogen and oxygen atoms in total. The average Bonchev–Trinajstić information content (AvgIpc) is 2.98. The largest absolute Gasteiger partial charge is 0.257 e. The first-order valence-electron chi connectivity index (χ1n) is 4.37. The summed E-state index contributed by atoms with van der Waals surface area (Å²) in [6.07, 6.45) is 2.50. The van der Waals surface area contributed by atoms with E-state index in [2.05, 4.69) is 15.0 Å². The molecule has 1 aliphatic rings. The summed E-state index contributed by atoms with van der Waals surface area (Å²) in [5, 5.41) is 3.48. The van der Waals surface area contributed by atoms with Gasteiger partial charge in [0.1, 0.15) is 0 Å². The summed E-state index contributed by atoms with van der Waals surface area (Å²) in [5.41, 5.74) is 10.2. The molecule has 0 atom stereocenters. The van der Waals surface area contributed by atoms with Crippen molar-refractivity contribution in [3.05, 3.63) is 40.0 Å². The van der Waals surface area contributed by atoms with Crippen LogP contribution in [0.1, 0.15) is 30.1 Å². The SMILES string of the molecule is [N-]=[N+]=NCc1cccc(C2CC2)n1. The fourth-order valence-corrected chi connectivity index (χ4v) is 1.30. The van der Waals surface area contributed by atoms with E-state index >= 15 is 0 Å². The van der Waals surface area contributed by atoms with Crippen LogP contribution < -0.4 is 0 Å². The number of nitrogens with zero attached hydrogens (tertiary/aromatic N) is 4. The molecule has 0 saturated heterocycles. The average molecular weight is 174 g/mol. The second-order valence-electron chi connectivity index (χ2n) is 3.22. The van der Waals surface area contributed by atoms with E-state index in [9.17, 15) is 0 Å². The van der Waals surface area contributed by atoms with Gasteiger partial charge in [-0.1, -0.05) is 11.2 Å². The summed E-state index contributed by atoms with van der Waals surface area (Å²) in [4.78, 5) is 7.11. The molecule has 0 amide bonds. The zero-order valence-corrected chi connectivity index (χ0v) is 7.22. The fourth-order valence-electron chi connectivity index (χ4n) is 1.30. The third-order valence-electron chi connectivity index (χ3n) is 2.12. The predicted molar refractivity (Wildman–Crippen MR) is 49.1 cm³/mol. The molecule has 0 spiro atoms. The van der Waals surface area contributed by atoms with Gasteiger partial charge < -0.3 is 0 Å². The van der Waals surface area contributed by atoms with E-state index in [1.54, 1.807) is 0 Å². The molecule has 1 heterocycles. The van der Waals surface area contributed by atoms with Gasteiger partial charge in [0.2, 0.25) is 0 Å². The lowest BCUT2D eigenvalue weighted by Gasteiger charge is -1.99. The minimum atomic E-state index is 0.358. The lowest BCUT2D eigenvalue weighted by molar-refractivity contribution is 0.920. The third-order valence-corrected chi connectivity index (χ3v) is 2.12. The first-order chi connectivity index (χ1) is 6.40. The Morgan fingerprint density at radius 2 is 2.38 bits per heavy atom. The molecule has 1 aliphatic carbocycles. The summed E-state index contributed by atoms with van der Waals surface area (Å²) in [6, 6.07) is 5.90. The Balaban J connectivity index is 2.16. The lowest BCUT2D eigenvalue weighted by atomic mass is 10.2. The standard InChI is InChI=1S/C9H10N4/c10-13-11-6-8-2-1-3-9(12-8)7-4-5-7/h1-3,7H,4-6H2. The summed E-state index contributed by atoms with van der Waals surface area (Å²) < 4.78 is 0. The molecule has 1 aromatic heterocycles. The first kappa shape index (κ1) is 8.08. The highest BCUT2D eigenvalue weighted by molar-refractivity contribution is 5.18. The van der Waals surface area contributed by atoms with E-state index in [0.29, 0.717) is 12.5 Å². The van der Waals surface area contributed by atoms with Crippen LogP contribution in [0.3, 0.4) is 0 Å². The molecule has 2 rings (SSSR count). The summed E-state index contributed by atoms with van der Waals surface area (Å²) in [6.45, 7) is 0.358. The molecule has 4 heteroatoms. The van der Waals surface area contributed by atoms with Crippen molar-refractivity contribution in [1.82, 2.24) is 4.98 Å². The molecule has 0 aromatic carbocycles. The second kappa shape index (κ2) is 3.46.